The quantitative estimate of drug-likeness (QED) is 0.636. The fourth-order valence-electron chi connectivity index (χ4n) is 2.33. The van der Waals surface area contributed by atoms with Crippen molar-refractivity contribution >= 4 is 31.8 Å². The van der Waals surface area contributed by atoms with E-state index in [4.69, 9.17) is 0 Å². The molecule has 136 valence electrons. The predicted octanol–water partition coefficient (Wildman–Crippen LogP) is 3.74. The van der Waals surface area contributed by atoms with Crippen LogP contribution >= 0.6 is 15.9 Å². The summed E-state index contributed by atoms with van der Waals surface area (Å²) in [6, 6.07) is 8.58. The molecule has 0 aliphatic heterocycles. The highest BCUT2D eigenvalue weighted by atomic mass is 79.9. The molecular weight excluding hydrogens is 418 g/mol. The van der Waals surface area contributed by atoms with E-state index in [1.54, 1.807) is 36.8 Å². The van der Waals surface area contributed by atoms with E-state index >= 15 is 0 Å². The summed E-state index contributed by atoms with van der Waals surface area (Å²) >= 11 is 3.31. The summed E-state index contributed by atoms with van der Waals surface area (Å²) < 4.78 is 29.7. The topological polar surface area (TPSA) is 89.8 Å². The molecule has 2 heterocycles. The second-order valence-electron chi connectivity index (χ2n) is 5.80. The number of sulfonamides is 1. The minimum Gasteiger partial charge on any atom is -0.261 e. The lowest BCUT2D eigenvalue weighted by atomic mass is 9.99. The highest BCUT2D eigenvalue weighted by Gasteiger charge is 2.19. The fraction of sp³-hybridized carbons (Fsp3) is 0.235. The number of hydrogen-bond acceptors (Lipinski definition) is 5. The van der Waals surface area contributed by atoms with Crippen LogP contribution < -0.4 is 4.72 Å². The molecule has 0 unspecified atom stereocenters. The van der Waals surface area contributed by atoms with E-state index in [0.717, 1.165) is 12.0 Å². The third kappa shape index (κ3) is 3.94. The predicted molar refractivity (Wildman–Crippen MR) is 103 cm³/mol. The molecule has 0 radical (unpaired) electrons. The first-order chi connectivity index (χ1) is 12.4. The monoisotopic (exact) mass is 435 g/mol. The maximum Gasteiger partial charge on any atom is 0.263 e. The Kier molecular flexibility index (Phi) is 5.38. The number of nitrogens with zero attached hydrogens (tertiary/aromatic N) is 4. The second-order valence-corrected chi connectivity index (χ2v) is 8.34. The number of rotatable bonds is 6. The molecule has 0 saturated carbocycles. The minimum absolute atomic E-state index is 0.170. The van der Waals surface area contributed by atoms with Gasteiger partial charge in [0.2, 0.25) is 0 Å². The van der Waals surface area contributed by atoms with E-state index in [1.807, 2.05) is 12.1 Å². The van der Waals surface area contributed by atoms with Crippen molar-refractivity contribution in [1.82, 2.24) is 19.7 Å². The Morgan fingerprint density at radius 3 is 2.46 bits per heavy atom. The number of benzene rings is 1. The number of halogens is 1. The first kappa shape index (κ1) is 18.5. The molecule has 0 amide bonds. The zero-order chi connectivity index (χ0) is 18.7. The van der Waals surface area contributed by atoms with E-state index in [-0.39, 0.29) is 10.7 Å². The maximum atomic E-state index is 12.6. The van der Waals surface area contributed by atoms with Gasteiger partial charge in [0.05, 0.1) is 15.6 Å². The molecule has 26 heavy (non-hydrogen) atoms. The van der Waals surface area contributed by atoms with Gasteiger partial charge in [-0.1, -0.05) is 26.0 Å². The molecule has 1 atom stereocenters. The second kappa shape index (κ2) is 7.55. The van der Waals surface area contributed by atoms with Gasteiger partial charge in [-0.2, -0.15) is 0 Å². The number of hydrogen-bond donors (Lipinski definition) is 1. The summed E-state index contributed by atoms with van der Waals surface area (Å²) in [7, 11) is -3.75. The van der Waals surface area contributed by atoms with Gasteiger partial charge in [0.1, 0.15) is 0 Å². The molecular formula is C17H18BrN5O2S. The van der Waals surface area contributed by atoms with Crippen LogP contribution in [0.4, 0.5) is 5.82 Å². The van der Waals surface area contributed by atoms with Crippen LogP contribution in [0.15, 0.2) is 58.3 Å². The Morgan fingerprint density at radius 2 is 1.85 bits per heavy atom. The summed E-state index contributed by atoms with van der Waals surface area (Å²) in [4.78, 5) is 8.35. The number of nitrogens with one attached hydrogen (secondary N) is 1. The highest BCUT2D eigenvalue weighted by molar-refractivity contribution is 9.10. The normalized spacial score (nSPS) is 12.7. The van der Waals surface area contributed by atoms with Crippen molar-refractivity contribution in [3.8, 4) is 5.95 Å². The van der Waals surface area contributed by atoms with Crippen LogP contribution in [0.2, 0.25) is 0 Å². The summed E-state index contributed by atoms with van der Waals surface area (Å²) in [5.41, 5.74) is 1.11. The van der Waals surface area contributed by atoms with Crippen molar-refractivity contribution in [2.45, 2.75) is 31.1 Å². The van der Waals surface area contributed by atoms with Gasteiger partial charge in [0, 0.05) is 12.4 Å². The van der Waals surface area contributed by atoms with Gasteiger partial charge in [-0.15, -0.1) is 5.10 Å². The Balaban J connectivity index is 1.85. The molecule has 1 aromatic carbocycles. The van der Waals surface area contributed by atoms with Crippen LogP contribution in [-0.4, -0.2) is 28.2 Å². The number of anilines is 1. The van der Waals surface area contributed by atoms with Crippen LogP contribution in [0, 0.1) is 0 Å². The van der Waals surface area contributed by atoms with Gasteiger partial charge >= 0.3 is 0 Å². The van der Waals surface area contributed by atoms with E-state index in [0.29, 0.717) is 16.3 Å². The smallest absolute Gasteiger partial charge is 0.261 e. The molecule has 2 aromatic heterocycles. The fourth-order valence-corrected chi connectivity index (χ4v) is 3.85. The van der Waals surface area contributed by atoms with E-state index in [2.05, 4.69) is 49.6 Å². The van der Waals surface area contributed by atoms with Crippen LogP contribution in [0.5, 0.6) is 0 Å². The summed E-state index contributed by atoms with van der Waals surface area (Å²) in [5, 5.41) is 4.20. The van der Waals surface area contributed by atoms with Crippen molar-refractivity contribution in [1.29, 1.82) is 0 Å². The van der Waals surface area contributed by atoms with Crippen molar-refractivity contribution in [3.05, 3.63) is 59.0 Å². The van der Waals surface area contributed by atoms with Crippen LogP contribution in [0.1, 0.15) is 31.7 Å². The molecule has 9 heteroatoms. The average Bonchev–Trinajstić information content (AvgIpc) is 3.02. The molecule has 0 aliphatic carbocycles. The first-order valence-electron chi connectivity index (χ1n) is 8.06. The third-order valence-electron chi connectivity index (χ3n) is 4.03. The Bertz CT molecular complexity index is 988. The average molecular weight is 436 g/mol. The SMILES string of the molecule is CC[C@@H](C)c1ccc(S(=O)(=O)Nc2nn(-c3ncccn3)cc2Br)cc1. The first-order valence-corrected chi connectivity index (χ1v) is 10.3. The lowest BCUT2D eigenvalue weighted by Gasteiger charge is -2.10. The van der Waals surface area contributed by atoms with Crippen molar-refractivity contribution in [2.24, 2.45) is 0 Å². The van der Waals surface area contributed by atoms with Crippen LogP contribution in [0.25, 0.3) is 5.95 Å². The Labute approximate surface area is 160 Å². The minimum atomic E-state index is -3.75. The molecule has 3 aromatic rings. The molecule has 1 N–H and O–H groups in total. The Morgan fingerprint density at radius 1 is 1.19 bits per heavy atom. The summed E-state index contributed by atoms with van der Waals surface area (Å²) in [6.45, 7) is 4.21. The molecule has 0 aliphatic rings. The Hall–Kier alpha value is -2.26. The number of aromatic nitrogens is 4. The lowest BCUT2D eigenvalue weighted by Crippen LogP contribution is -2.14. The van der Waals surface area contributed by atoms with Gasteiger partial charge in [0.15, 0.2) is 5.82 Å². The zero-order valence-electron chi connectivity index (χ0n) is 14.3. The molecule has 0 bridgehead atoms. The molecule has 0 spiro atoms. The van der Waals surface area contributed by atoms with Crippen LogP contribution in [0.3, 0.4) is 0 Å². The van der Waals surface area contributed by atoms with Crippen LogP contribution in [-0.2, 0) is 10.0 Å². The van der Waals surface area contributed by atoms with E-state index in [9.17, 15) is 8.42 Å². The van der Waals surface area contributed by atoms with E-state index in [1.165, 1.54) is 4.68 Å². The molecule has 3 rings (SSSR count). The maximum absolute atomic E-state index is 12.6. The van der Waals surface area contributed by atoms with Gasteiger partial charge < -0.3 is 0 Å². The van der Waals surface area contributed by atoms with Gasteiger partial charge in [-0.3, -0.25) is 4.72 Å². The van der Waals surface area contributed by atoms with E-state index < -0.39 is 10.0 Å². The summed E-state index contributed by atoms with van der Waals surface area (Å²) in [5.74, 6) is 0.899. The third-order valence-corrected chi connectivity index (χ3v) is 5.96. The van der Waals surface area contributed by atoms with Crippen molar-refractivity contribution < 1.29 is 8.42 Å². The van der Waals surface area contributed by atoms with Crippen molar-refractivity contribution in [3.63, 3.8) is 0 Å². The zero-order valence-corrected chi connectivity index (χ0v) is 16.7. The molecule has 7 nitrogen and oxygen atoms in total. The molecule has 0 fully saturated rings. The van der Waals surface area contributed by atoms with Gasteiger partial charge in [-0.05, 0) is 52.0 Å². The highest BCUT2D eigenvalue weighted by Crippen LogP contribution is 2.25. The molecule has 0 saturated heterocycles. The van der Waals surface area contributed by atoms with Gasteiger partial charge in [-0.25, -0.2) is 23.1 Å². The largest absolute Gasteiger partial charge is 0.263 e. The van der Waals surface area contributed by atoms with Gasteiger partial charge in [0.25, 0.3) is 16.0 Å². The van der Waals surface area contributed by atoms with Crippen molar-refractivity contribution in [2.75, 3.05) is 4.72 Å². The lowest BCUT2D eigenvalue weighted by molar-refractivity contribution is 0.600. The standard InChI is InChI=1S/C17H18BrN5O2S/c1-3-12(2)13-5-7-14(8-6-13)26(24,25)22-16-15(18)11-23(21-16)17-19-9-4-10-20-17/h4-12H,3H2,1-2H3,(H,21,22)/t12-/m1/s1. The summed E-state index contributed by atoms with van der Waals surface area (Å²) in [6.07, 6.45) is 5.76.